The maximum Gasteiger partial charge on any atom is 0.238 e. The lowest BCUT2D eigenvalue weighted by molar-refractivity contribution is -0.124. The van der Waals surface area contributed by atoms with Crippen LogP contribution in [0.1, 0.15) is 40.0 Å². The Morgan fingerprint density at radius 3 is 2.54 bits per heavy atom. The summed E-state index contributed by atoms with van der Waals surface area (Å²) in [5.41, 5.74) is 6.16. The summed E-state index contributed by atoms with van der Waals surface area (Å²) in [6.45, 7) is 7.48. The monoisotopic (exact) mass is 358 g/mol. The Morgan fingerprint density at radius 1 is 1.38 bits per heavy atom. The first-order chi connectivity index (χ1) is 12.2. The van der Waals surface area contributed by atoms with Crippen LogP contribution in [0.25, 0.3) is 0 Å². The molecule has 1 aliphatic rings. The Hall–Kier alpha value is -2.26. The lowest BCUT2D eigenvalue weighted by Gasteiger charge is -2.39. The zero-order valence-corrected chi connectivity index (χ0v) is 16.2. The van der Waals surface area contributed by atoms with Gasteiger partial charge in [0.05, 0.1) is 24.9 Å². The SMILES string of the molecule is COc1ccccc1N1CCC(C#N)(NC(=O)C(N)CC(C)(C)C)CC1. The Bertz CT molecular complexity index is 667. The smallest absolute Gasteiger partial charge is 0.238 e. The van der Waals surface area contributed by atoms with Crippen LogP contribution >= 0.6 is 0 Å². The molecule has 6 nitrogen and oxygen atoms in total. The van der Waals surface area contributed by atoms with Crippen LogP contribution in [0, 0.1) is 16.7 Å². The number of piperidine rings is 1. The van der Waals surface area contributed by atoms with E-state index in [2.05, 4.69) is 16.3 Å². The number of nitrogens with one attached hydrogen (secondary N) is 1. The predicted octanol–water partition coefficient (Wildman–Crippen LogP) is 2.44. The highest BCUT2D eigenvalue weighted by Gasteiger charge is 2.38. The maximum atomic E-state index is 12.5. The molecule has 0 aliphatic carbocycles. The van der Waals surface area contributed by atoms with Gasteiger partial charge >= 0.3 is 0 Å². The van der Waals surface area contributed by atoms with E-state index in [-0.39, 0.29) is 11.3 Å². The molecule has 1 aromatic carbocycles. The van der Waals surface area contributed by atoms with Crippen molar-refractivity contribution >= 4 is 11.6 Å². The number of carbonyl (C=O) groups is 1. The second-order valence-electron chi connectivity index (χ2n) is 8.21. The van der Waals surface area contributed by atoms with E-state index in [1.165, 1.54) is 0 Å². The largest absolute Gasteiger partial charge is 0.495 e. The van der Waals surface area contributed by atoms with Gasteiger partial charge in [-0.05, 0) is 24.0 Å². The van der Waals surface area contributed by atoms with Crippen LogP contribution in [0.15, 0.2) is 24.3 Å². The molecule has 1 aromatic rings. The molecule has 0 bridgehead atoms. The second-order valence-corrected chi connectivity index (χ2v) is 8.21. The third kappa shape index (κ3) is 4.89. The fourth-order valence-corrected chi connectivity index (χ4v) is 3.37. The molecule has 0 aromatic heterocycles. The number of ether oxygens (including phenoxy) is 1. The first-order valence-corrected chi connectivity index (χ1v) is 9.06. The molecule has 1 atom stereocenters. The second kappa shape index (κ2) is 7.96. The van der Waals surface area contributed by atoms with Gasteiger partial charge in [0.1, 0.15) is 11.3 Å². The Balaban J connectivity index is 2.02. The van der Waals surface area contributed by atoms with Crippen molar-refractivity contribution in [3.8, 4) is 11.8 Å². The number of nitrogens with zero attached hydrogens (tertiary/aromatic N) is 2. The summed E-state index contributed by atoms with van der Waals surface area (Å²) in [5.74, 6) is 0.570. The predicted molar refractivity (Wildman–Crippen MR) is 103 cm³/mol. The summed E-state index contributed by atoms with van der Waals surface area (Å²) >= 11 is 0. The minimum Gasteiger partial charge on any atom is -0.495 e. The van der Waals surface area contributed by atoms with Gasteiger partial charge in [-0.2, -0.15) is 5.26 Å². The summed E-state index contributed by atoms with van der Waals surface area (Å²) in [7, 11) is 1.65. The average Bonchev–Trinajstić information content (AvgIpc) is 2.61. The first-order valence-electron chi connectivity index (χ1n) is 9.06. The van der Waals surface area contributed by atoms with Gasteiger partial charge in [0.15, 0.2) is 0 Å². The Kier molecular flexibility index (Phi) is 6.14. The van der Waals surface area contributed by atoms with Crippen LogP contribution in [0.3, 0.4) is 0 Å². The minimum absolute atomic E-state index is 0.0379. The molecule has 1 unspecified atom stereocenters. The van der Waals surface area contributed by atoms with Crippen LogP contribution in [0.4, 0.5) is 5.69 Å². The number of anilines is 1. The van der Waals surface area contributed by atoms with E-state index in [9.17, 15) is 10.1 Å². The number of nitrogens with two attached hydrogens (primary N) is 1. The molecule has 142 valence electrons. The molecule has 3 N–H and O–H groups in total. The number of benzene rings is 1. The number of carbonyl (C=O) groups excluding carboxylic acids is 1. The molecular formula is C20H30N4O2. The molecule has 1 amide bonds. The number of nitriles is 1. The highest BCUT2D eigenvalue weighted by atomic mass is 16.5. The van der Waals surface area contributed by atoms with Crippen molar-refractivity contribution in [2.75, 3.05) is 25.1 Å². The first kappa shape index (κ1) is 20.1. The van der Waals surface area contributed by atoms with Gasteiger partial charge in [0.2, 0.25) is 5.91 Å². The van der Waals surface area contributed by atoms with E-state index in [4.69, 9.17) is 10.5 Å². The third-order valence-electron chi connectivity index (χ3n) is 4.79. The molecule has 0 spiro atoms. The molecule has 6 heteroatoms. The van der Waals surface area contributed by atoms with Crippen molar-refractivity contribution in [1.82, 2.24) is 5.32 Å². The van der Waals surface area contributed by atoms with Crippen molar-refractivity contribution in [2.24, 2.45) is 11.1 Å². The molecular weight excluding hydrogens is 328 g/mol. The van der Waals surface area contributed by atoms with Crippen molar-refractivity contribution in [1.29, 1.82) is 5.26 Å². The Morgan fingerprint density at radius 2 is 2.00 bits per heavy atom. The van der Waals surface area contributed by atoms with Crippen LogP contribution in [-0.4, -0.2) is 37.7 Å². The van der Waals surface area contributed by atoms with Crippen LogP contribution < -0.4 is 20.7 Å². The molecule has 1 aliphatic heterocycles. The topological polar surface area (TPSA) is 91.4 Å². The van der Waals surface area contributed by atoms with E-state index in [1.54, 1.807) is 7.11 Å². The van der Waals surface area contributed by atoms with Gasteiger partial charge < -0.3 is 20.7 Å². The summed E-state index contributed by atoms with van der Waals surface area (Å²) in [6.07, 6.45) is 1.68. The fraction of sp³-hybridized carbons (Fsp3) is 0.600. The van der Waals surface area contributed by atoms with Crippen LogP contribution in [0.2, 0.25) is 0 Å². The molecule has 2 rings (SSSR count). The van der Waals surface area contributed by atoms with Crippen LogP contribution in [-0.2, 0) is 4.79 Å². The van der Waals surface area contributed by atoms with E-state index >= 15 is 0 Å². The molecule has 0 saturated carbocycles. The number of amides is 1. The van der Waals surface area contributed by atoms with Crippen molar-refractivity contribution in [3.63, 3.8) is 0 Å². The quantitative estimate of drug-likeness (QED) is 0.843. The summed E-state index contributed by atoms with van der Waals surface area (Å²) in [6, 6.07) is 9.56. The van der Waals surface area contributed by atoms with Crippen molar-refractivity contribution in [2.45, 2.75) is 51.6 Å². The van der Waals surface area contributed by atoms with Crippen molar-refractivity contribution in [3.05, 3.63) is 24.3 Å². The molecule has 26 heavy (non-hydrogen) atoms. The zero-order chi connectivity index (χ0) is 19.4. The lowest BCUT2D eigenvalue weighted by atomic mass is 9.86. The average molecular weight is 358 g/mol. The highest BCUT2D eigenvalue weighted by Crippen LogP contribution is 2.32. The van der Waals surface area contributed by atoms with Gasteiger partial charge in [-0.25, -0.2) is 0 Å². The number of hydrogen-bond acceptors (Lipinski definition) is 5. The van der Waals surface area contributed by atoms with Gasteiger partial charge in [-0.15, -0.1) is 0 Å². The minimum atomic E-state index is -0.856. The molecule has 0 radical (unpaired) electrons. The van der Waals surface area contributed by atoms with Crippen molar-refractivity contribution < 1.29 is 9.53 Å². The zero-order valence-electron chi connectivity index (χ0n) is 16.2. The molecule has 1 saturated heterocycles. The van der Waals surface area contributed by atoms with Crippen LogP contribution in [0.5, 0.6) is 5.75 Å². The fourth-order valence-electron chi connectivity index (χ4n) is 3.37. The normalized spacial score (nSPS) is 17.9. The van der Waals surface area contributed by atoms with E-state index < -0.39 is 11.6 Å². The number of methoxy groups -OCH3 is 1. The summed E-state index contributed by atoms with van der Waals surface area (Å²) in [5, 5.41) is 12.6. The van der Waals surface area contributed by atoms with Gasteiger partial charge in [-0.1, -0.05) is 32.9 Å². The number of rotatable bonds is 5. The standard InChI is InChI=1S/C20H30N4O2/c1-19(2,3)13-15(22)18(25)23-20(14-21)9-11-24(12-10-20)16-7-5-6-8-17(16)26-4/h5-8,15H,9-13,22H2,1-4H3,(H,23,25). The van der Waals surface area contributed by atoms with Gasteiger partial charge in [0, 0.05) is 25.9 Å². The molecule has 1 fully saturated rings. The van der Waals surface area contributed by atoms with E-state index in [0.29, 0.717) is 32.4 Å². The van der Waals surface area contributed by atoms with Gasteiger partial charge in [0.25, 0.3) is 0 Å². The molecule has 1 heterocycles. The number of hydrogen-bond donors (Lipinski definition) is 2. The van der Waals surface area contributed by atoms with E-state index in [1.807, 2.05) is 45.0 Å². The summed E-state index contributed by atoms with van der Waals surface area (Å²) < 4.78 is 5.43. The highest BCUT2D eigenvalue weighted by molar-refractivity contribution is 5.82. The van der Waals surface area contributed by atoms with Gasteiger partial charge in [-0.3, -0.25) is 4.79 Å². The summed E-state index contributed by atoms with van der Waals surface area (Å²) in [4.78, 5) is 14.7. The third-order valence-corrected chi connectivity index (χ3v) is 4.79. The Labute approximate surface area is 156 Å². The number of para-hydroxylation sites is 2. The van der Waals surface area contributed by atoms with E-state index in [0.717, 1.165) is 11.4 Å². The maximum absolute atomic E-state index is 12.5. The lowest BCUT2D eigenvalue weighted by Crippen LogP contribution is -2.58.